The summed E-state index contributed by atoms with van der Waals surface area (Å²) in [6.07, 6.45) is 0.272. The number of phenols is 2. The van der Waals surface area contributed by atoms with Gasteiger partial charge in [-0.2, -0.15) is 28.8 Å². The number of amides is 5. The quantitative estimate of drug-likeness (QED) is 0.0157. The van der Waals surface area contributed by atoms with Crippen molar-refractivity contribution < 1.29 is 149 Å². The van der Waals surface area contributed by atoms with E-state index in [0.717, 1.165) is 28.2 Å². The number of esters is 4. The fourth-order valence-electron chi connectivity index (χ4n) is 10.1. The molecule has 11 rings (SSSR count). The summed E-state index contributed by atoms with van der Waals surface area (Å²) in [5.41, 5.74) is 7.45. The highest BCUT2D eigenvalue weighted by atomic mass is 16.6. The molecular weight excluding hydrogens is 1560 g/mol. The highest BCUT2D eigenvalue weighted by molar-refractivity contribution is 6.03. The standard InChI is InChI=1S/C19H19NO5.C18H18N2O5.C16H23NO5.C11H11NO4.C9H10O3.C7H6O3.3CO2/c1-23-15-6-3-13(4-7-15)12-20-9-10-25-17-8-5-14(19(22)24-2)11-16(17)18(20)21;1-24-14-5-2-12(3-6-14)11-20-8-9-25-16-7-4-13(17(21)19-23)10-15(16)18(20)22;1-11-10-12(14(18)20-5)6-7-13(11)21-9-8-17-15(19)22-16(2,3)4;1-15-11(14)7-2-3-9-8(6-7)10(13)12-4-5-16-9;1-6-5-7(9(11)12-2)3-4-8(6)10;8-6-3-1-5(2-4-6)7(9)10;3*2-1-3/h3-8,11H,9-10,12H2,1-2H3;2-7,10,23H,8-9,11H2,1H3,(H,19,21);6-7,10H,8-9H2,1-5H3,(H,17,19);2-3,6H,4-5H2,1H3,(H,12,13);3-5,10H,1-2H3;1-4,8H,(H,9,10);;;. The third-order valence-corrected chi connectivity index (χ3v) is 15.7. The van der Waals surface area contributed by atoms with Gasteiger partial charge in [0, 0.05) is 18.7 Å². The van der Waals surface area contributed by atoms with Gasteiger partial charge in [0.25, 0.3) is 23.6 Å². The average molecular weight is 1650 g/mol. The first-order valence-electron chi connectivity index (χ1n) is 35.0. The van der Waals surface area contributed by atoms with Crippen molar-refractivity contribution in [2.45, 2.75) is 53.3 Å². The minimum Gasteiger partial charge on any atom is -0.508 e. The number of nitrogens with zero attached hydrogens (tertiary/aromatic N) is 2. The second-order valence-electron chi connectivity index (χ2n) is 24.9. The third-order valence-electron chi connectivity index (χ3n) is 15.7. The molecule has 3 heterocycles. The van der Waals surface area contributed by atoms with Gasteiger partial charge in [-0.05, 0) is 196 Å². The summed E-state index contributed by atoms with van der Waals surface area (Å²) >= 11 is 0. The van der Waals surface area contributed by atoms with Crippen LogP contribution in [0.25, 0.3) is 0 Å². The lowest BCUT2D eigenvalue weighted by Crippen LogP contribution is -2.34. The lowest BCUT2D eigenvalue weighted by Gasteiger charge is -2.20. The number of carboxylic acids is 1. The second kappa shape index (κ2) is 51.5. The van der Waals surface area contributed by atoms with Crippen molar-refractivity contribution in [1.29, 1.82) is 0 Å². The van der Waals surface area contributed by atoms with E-state index in [1.54, 1.807) is 112 Å². The smallest absolute Gasteiger partial charge is 0.407 e. The molecule has 0 saturated heterocycles. The molecule has 0 aromatic heterocycles. The molecule has 0 unspecified atom stereocenters. The molecule has 36 nitrogen and oxygen atoms in total. The van der Waals surface area contributed by atoms with Crippen LogP contribution >= 0.6 is 0 Å². The summed E-state index contributed by atoms with van der Waals surface area (Å²) < 4.78 is 56.1. The molecule has 0 fully saturated rings. The minimum atomic E-state index is -0.986. The van der Waals surface area contributed by atoms with E-state index in [-0.39, 0.29) is 64.8 Å². The molecule has 5 amide bonds. The molecule has 0 radical (unpaired) electrons. The molecule has 0 aliphatic carbocycles. The van der Waals surface area contributed by atoms with Gasteiger partial charge in [-0.25, -0.2) is 34.2 Å². The van der Waals surface area contributed by atoms with Crippen molar-refractivity contribution in [3.8, 4) is 46.0 Å². The summed E-state index contributed by atoms with van der Waals surface area (Å²) in [6.45, 7) is 13.0. The van der Waals surface area contributed by atoms with E-state index in [9.17, 15) is 47.9 Å². The maximum Gasteiger partial charge on any atom is 0.407 e. The van der Waals surface area contributed by atoms with Crippen LogP contribution in [0.2, 0.25) is 0 Å². The van der Waals surface area contributed by atoms with Crippen LogP contribution in [-0.2, 0) is 65.5 Å². The van der Waals surface area contributed by atoms with Crippen LogP contribution in [0, 0.1) is 13.8 Å². The van der Waals surface area contributed by atoms with E-state index in [1.807, 2.05) is 55.5 Å². The van der Waals surface area contributed by atoms with Gasteiger partial charge in [0.2, 0.25) is 0 Å². The van der Waals surface area contributed by atoms with Gasteiger partial charge in [-0.3, -0.25) is 24.4 Å². The fraction of sp³-hybridized carbons (Fsp3) is 0.265. The van der Waals surface area contributed by atoms with Gasteiger partial charge in [0.05, 0.1) is 113 Å². The largest absolute Gasteiger partial charge is 0.508 e. The Balaban J connectivity index is 0.000000370. The first-order chi connectivity index (χ1) is 56.8. The predicted molar refractivity (Wildman–Crippen MR) is 412 cm³/mol. The van der Waals surface area contributed by atoms with Crippen LogP contribution in [0.4, 0.5) is 4.79 Å². The van der Waals surface area contributed by atoms with Crippen LogP contribution in [0.3, 0.4) is 0 Å². The Morgan fingerprint density at radius 2 is 0.866 bits per heavy atom. The number of aromatic hydroxyl groups is 2. The molecule has 36 heteroatoms. The van der Waals surface area contributed by atoms with Crippen LogP contribution in [0.5, 0.6) is 46.0 Å². The number of alkyl carbamates (subject to hydrolysis) is 1. The van der Waals surface area contributed by atoms with Gasteiger partial charge >= 0.3 is 54.4 Å². The van der Waals surface area contributed by atoms with Crippen molar-refractivity contribution in [2.24, 2.45) is 0 Å². The summed E-state index contributed by atoms with van der Waals surface area (Å²) in [5.74, 6) is -0.215. The zero-order valence-corrected chi connectivity index (χ0v) is 66.4. The van der Waals surface area contributed by atoms with Crippen molar-refractivity contribution in [1.82, 2.24) is 25.9 Å². The van der Waals surface area contributed by atoms with E-state index in [4.69, 9.17) is 87.2 Å². The molecule has 630 valence electrons. The molecule has 3 aliphatic rings. The monoisotopic (exact) mass is 1650 g/mol. The number of rotatable bonds is 16. The number of carbonyl (C=O) groups is 10. The number of hydrogen-bond acceptors (Lipinski definition) is 30. The highest BCUT2D eigenvalue weighted by Gasteiger charge is 2.28. The lowest BCUT2D eigenvalue weighted by atomic mass is 10.1. The number of aryl methyl sites for hydroxylation is 2. The maximum atomic E-state index is 12.9. The van der Waals surface area contributed by atoms with Crippen LogP contribution in [0.1, 0.15) is 136 Å². The van der Waals surface area contributed by atoms with Crippen LogP contribution < -0.4 is 44.5 Å². The van der Waals surface area contributed by atoms with Gasteiger partial charge in [0.15, 0.2) is 0 Å². The van der Waals surface area contributed by atoms with Gasteiger partial charge in [0.1, 0.15) is 78.0 Å². The molecule has 8 aromatic rings. The number of phenolic OH excluding ortho intramolecular Hbond substituents is 2. The summed E-state index contributed by atoms with van der Waals surface area (Å²) in [7, 11) is 8.48. The topological polar surface area (TPSA) is 498 Å². The van der Waals surface area contributed by atoms with E-state index in [1.165, 1.54) is 89.1 Å². The summed E-state index contributed by atoms with van der Waals surface area (Å²) in [4.78, 5) is 168. The zero-order valence-electron chi connectivity index (χ0n) is 66.4. The van der Waals surface area contributed by atoms with Crippen molar-refractivity contribution in [3.05, 3.63) is 236 Å². The Bertz CT molecular complexity index is 4690. The van der Waals surface area contributed by atoms with E-state index >= 15 is 0 Å². The van der Waals surface area contributed by atoms with Gasteiger partial charge in [-0.1, -0.05) is 24.3 Å². The van der Waals surface area contributed by atoms with Gasteiger partial charge < -0.3 is 87.9 Å². The lowest BCUT2D eigenvalue weighted by molar-refractivity contribution is -0.193. The van der Waals surface area contributed by atoms with E-state index in [0.29, 0.717) is 133 Å². The second-order valence-corrected chi connectivity index (χ2v) is 24.9. The molecule has 7 N–H and O–H groups in total. The number of nitrogens with one attached hydrogen (secondary N) is 3. The highest BCUT2D eigenvalue weighted by Crippen LogP contribution is 2.29. The Hall–Kier alpha value is -15.2. The number of fused-ring (bicyclic) bond motifs is 3. The molecular formula is C83H87N5O31. The number of methoxy groups -OCH3 is 6. The predicted octanol–water partition coefficient (Wildman–Crippen LogP) is 8.47. The Kier molecular flexibility index (Phi) is 42.4. The number of hydroxylamine groups is 1. The first kappa shape index (κ1) is 98.0. The Labute approximate surface area is 681 Å². The maximum absolute atomic E-state index is 12.9. The third kappa shape index (κ3) is 33.4. The number of aromatic carboxylic acids is 1. The van der Waals surface area contributed by atoms with Gasteiger partial charge in [-0.15, -0.1) is 0 Å². The van der Waals surface area contributed by atoms with E-state index < -0.39 is 41.5 Å². The normalized spacial score (nSPS) is 11.5. The van der Waals surface area contributed by atoms with Crippen LogP contribution in [0.15, 0.2) is 164 Å². The molecule has 0 bridgehead atoms. The number of ether oxygens (including phenoxy) is 11. The SMILES string of the molecule is COC(=O)c1ccc(O)c(C)c1.COC(=O)c1ccc(OCCNC(=O)OC(C)(C)C)c(C)c1.COC(=O)c1ccc2c(c1)C(=O)N(Cc1ccc(OC)cc1)CCO2.COC(=O)c1ccc2c(c1)C(=O)NCCO2.COc1ccc(CN2CCOc3ccc(C(=O)NO)cc3C2=O)cc1.O=C(O)c1ccc(O)cc1.O=C=O.O=C=O.O=C=O. The molecule has 119 heavy (non-hydrogen) atoms. The molecule has 0 atom stereocenters. The summed E-state index contributed by atoms with van der Waals surface area (Å²) in [5, 5.41) is 40.3. The number of benzene rings is 8. The average Bonchev–Trinajstić information content (AvgIpc) is 1.75. The minimum absolute atomic E-state index is 0.0741. The Morgan fingerprint density at radius 3 is 1.27 bits per heavy atom. The number of hydrogen-bond donors (Lipinski definition) is 7. The molecule has 3 aliphatic heterocycles. The fourth-order valence-corrected chi connectivity index (χ4v) is 10.1. The molecule has 0 spiro atoms. The van der Waals surface area contributed by atoms with Crippen molar-refractivity contribution in [2.75, 3.05) is 95.3 Å². The summed E-state index contributed by atoms with van der Waals surface area (Å²) in [6, 6.07) is 43.9. The number of carboxylic acid groups (broad SMARTS) is 1. The number of carbonyl (C=O) groups excluding carboxylic acids is 15. The Morgan fingerprint density at radius 1 is 0.487 bits per heavy atom. The zero-order chi connectivity index (χ0) is 88.7. The van der Waals surface area contributed by atoms with Crippen molar-refractivity contribution >= 4 is 78.0 Å². The van der Waals surface area contributed by atoms with Crippen LogP contribution in [-0.4, -0.2) is 209 Å². The molecule has 0 saturated carbocycles. The van der Waals surface area contributed by atoms with E-state index in [2.05, 4.69) is 24.8 Å². The molecule has 8 aromatic carbocycles. The first-order valence-corrected chi connectivity index (χ1v) is 35.0. The van der Waals surface area contributed by atoms with Crippen molar-refractivity contribution in [3.63, 3.8) is 0 Å².